The molecule has 0 aromatic heterocycles. The Morgan fingerprint density at radius 3 is 2.54 bits per heavy atom. The summed E-state index contributed by atoms with van der Waals surface area (Å²) >= 11 is 0. The second kappa shape index (κ2) is 9.27. The van der Waals surface area contributed by atoms with Crippen molar-refractivity contribution in [3.63, 3.8) is 0 Å². The van der Waals surface area contributed by atoms with E-state index in [1.165, 1.54) is 18.4 Å². The van der Waals surface area contributed by atoms with E-state index < -0.39 is 0 Å². The van der Waals surface area contributed by atoms with Crippen LogP contribution in [0, 0.1) is 11.3 Å². The van der Waals surface area contributed by atoms with Gasteiger partial charge in [0.1, 0.15) is 0 Å². The third kappa shape index (κ3) is 4.64. The van der Waals surface area contributed by atoms with Crippen molar-refractivity contribution in [2.45, 2.75) is 38.0 Å². The second-order valence-electron chi connectivity index (χ2n) is 7.13. The lowest BCUT2D eigenvalue weighted by molar-refractivity contribution is -0.123. The minimum atomic E-state index is -0.158. The maximum Gasteiger partial charge on any atom is 0.257 e. The van der Waals surface area contributed by atoms with Crippen molar-refractivity contribution in [2.75, 3.05) is 19.8 Å². The maximum atomic E-state index is 12.4. The van der Waals surface area contributed by atoms with Crippen LogP contribution in [0.2, 0.25) is 0 Å². The van der Waals surface area contributed by atoms with Gasteiger partial charge in [0.05, 0.1) is 18.2 Å². The van der Waals surface area contributed by atoms with E-state index in [1.807, 2.05) is 13.0 Å². The molecule has 0 aliphatic heterocycles. The van der Waals surface area contributed by atoms with Crippen molar-refractivity contribution in [3.05, 3.63) is 59.7 Å². The lowest BCUT2D eigenvalue weighted by Crippen LogP contribution is -2.40. The largest absolute Gasteiger partial charge is 0.490 e. The van der Waals surface area contributed by atoms with Gasteiger partial charge in [0.25, 0.3) is 5.91 Å². The van der Waals surface area contributed by atoms with E-state index in [9.17, 15) is 4.79 Å². The smallest absolute Gasteiger partial charge is 0.257 e. The molecule has 146 valence electrons. The van der Waals surface area contributed by atoms with E-state index in [-0.39, 0.29) is 17.9 Å². The number of hydrogen-bond donors (Lipinski definition) is 1. The molecule has 2 aromatic rings. The van der Waals surface area contributed by atoms with Gasteiger partial charge in [-0.05, 0) is 37.5 Å². The zero-order valence-corrected chi connectivity index (χ0v) is 16.2. The van der Waals surface area contributed by atoms with Gasteiger partial charge in [0, 0.05) is 18.0 Å². The van der Waals surface area contributed by atoms with E-state index >= 15 is 0 Å². The normalized spacial score (nSPS) is 14.9. The Balaban J connectivity index is 1.60. The van der Waals surface area contributed by atoms with Gasteiger partial charge in [-0.25, -0.2) is 0 Å². The molecule has 1 aliphatic carbocycles. The maximum absolute atomic E-state index is 12.4. The third-order valence-corrected chi connectivity index (χ3v) is 5.30. The molecular weight excluding hydrogens is 352 g/mol. The van der Waals surface area contributed by atoms with Gasteiger partial charge in [-0.15, -0.1) is 0 Å². The predicted molar refractivity (Wildman–Crippen MR) is 107 cm³/mol. The Kier molecular flexibility index (Phi) is 6.54. The van der Waals surface area contributed by atoms with Crippen molar-refractivity contribution in [1.29, 1.82) is 5.26 Å². The van der Waals surface area contributed by atoms with Crippen LogP contribution in [0.1, 0.15) is 43.7 Å². The van der Waals surface area contributed by atoms with Crippen LogP contribution >= 0.6 is 0 Å². The van der Waals surface area contributed by atoms with Crippen LogP contribution in [0.4, 0.5) is 0 Å². The number of carbonyl (C=O) groups is 1. The van der Waals surface area contributed by atoms with Crippen molar-refractivity contribution in [2.24, 2.45) is 0 Å². The SMILES string of the molecule is CCOc1cc(C#N)ccc1OCC(=O)NCC1(c2ccccc2)CCCC1. The number of nitriles is 1. The molecule has 5 nitrogen and oxygen atoms in total. The van der Waals surface area contributed by atoms with Gasteiger partial charge < -0.3 is 14.8 Å². The Bertz CT molecular complexity index is 837. The van der Waals surface area contributed by atoms with Gasteiger partial charge in [0.15, 0.2) is 18.1 Å². The Morgan fingerprint density at radius 2 is 1.86 bits per heavy atom. The van der Waals surface area contributed by atoms with Gasteiger partial charge in [-0.2, -0.15) is 5.26 Å². The number of carbonyl (C=O) groups excluding carboxylic acids is 1. The van der Waals surface area contributed by atoms with E-state index in [4.69, 9.17) is 14.7 Å². The van der Waals surface area contributed by atoms with Crippen molar-refractivity contribution >= 4 is 5.91 Å². The molecule has 1 aliphatic rings. The van der Waals surface area contributed by atoms with Crippen molar-refractivity contribution in [3.8, 4) is 17.6 Å². The standard InChI is InChI=1S/C23H26N2O3/c1-2-27-21-14-18(15-24)10-11-20(21)28-16-22(26)25-17-23(12-6-7-13-23)19-8-4-3-5-9-19/h3-5,8-11,14H,2,6-7,12-13,16-17H2,1H3,(H,25,26). The fraction of sp³-hybridized carbons (Fsp3) is 0.391. The Labute approximate surface area is 166 Å². The Hall–Kier alpha value is -3.00. The summed E-state index contributed by atoms with van der Waals surface area (Å²) in [6.07, 6.45) is 4.54. The molecular formula is C23H26N2O3. The van der Waals surface area contributed by atoms with Gasteiger partial charge in [0.2, 0.25) is 0 Å². The molecule has 0 radical (unpaired) electrons. The van der Waals surface area contributed by atoms with Crippen LogP contribution < -0.4 is 14.8 Å². The monoisotopic (exact) mass is 378 g/mol. The van der Waals surface area contributed by atoms with E-state index in [0.717, 1.165) is 12.8 Å². The van der Waals surface area contributed by atoms with Crippen molar-refractivity contribution < 1.29 is 14.3 Å². The van der Waals surface area contributed by atoms with Crippen LogP contribution in [0.3, 0.4) is 0 Å². The minimum absolute atomic E-state index is 0.0157. The minimum Gasteiger partial charge on any atom is -0.490 e. The lowest BCUT2D eigenvalue weighted by atomic mass is 9.79. The zero-order valence-electron chi connectivity index (χ0n) is 16.2. The number of rotatable bonds is 8. The summed E-state index contributed by atoms with van der Waals surface area (Å²) in [5.74, 6) is 0.787. The second-order valence-corrected chi connectivity index (χ2v) is 7.13. The first-order valence-electron chi connectivity index (χ1n) is 9.79. The molecule has 0 saturated heterocycles. The molecule has 0 heterocycles. The van der Waals surface area contributed by atoms with Crippen LogP contribution in [-0.4, -0.2) is 25.7 Å². The van der Waals surface area contributed by atoms with E-state index in [2.05, 4.69) is 35.7 Å². The van der Waals surface area contributed by atoms with Crippen LogP contribution in [0.25, 0.3) is 0 Å². The van der Waals surface area contributed by atoms with Crippen LogP contribution in [0.5, 0.6) is 11.5 Å². The molecule has 1 N–H and O–H groups in total. The fourth-order valence-electron chi connectivity index (χ4n) is 3.84. The number of benzene rings is 2. The summed E-state index contributed by atoms with van der Waals surface area (Å²) in [5.41, 5.74) is 1.80. The molecule has 1 saturated carbocycles. The first kappa shape index (κ1) is 19.8. The first-order valence-corrected chi connectivity index (χ1v) is 9.79. The van der Waals surface area contributed by atoms with E-state index in [1.54, 1.807) is 18.2 Å². The van der Waals surface area contributed by atoms with Crippen molar-refractivity contribution in [1.82, 2.24) is 5.32 Å². The molecule has 3 rings (SSSR count). The predicted octanol–water partition coefficient (Wildman–Crippen LogP) is 3.96. The van der Waals surface area contributed by atoms with Crippen LogP contribution in [0.15, 0.2) is 48.5 Å². The highest BCUT2D eigenvalue weighted by Gasteiger charge is 2.35. The molecule has 5 heteroatoms. The molecule has 1 amide bonds. The molecule has 0 bridgehead atoms. The average Bonchev–Trinajstić information content (AvgIpc) is 3.22. The van der Waals surface area contributed by atoms with Gasteiger partial charge >= 0.3 is 0 Å². The lowest BCUT2D eigenvalue weighted by Gasteiger charge is -2.30. The summed E-state index contributed by atoms with van der Waals surface area (Å²) in [6, 6.07) is 17.5. The number of nitrogens with one attached hydrogen (secondary N) is 1. The summed E-state index contributed by atoms with van der Waals surface area (Å²) in [6.45, 7) is 2.85. The number of ether oxygens (including phenoxy) is 2. The Morgan fingerprint density at radius 1 is 1.11 bits per heavy atom. The molecule has 0 unspecified atom stereocenters. The van der Waals surface area contributed by atoms with E-state index in [0.29, 0.717) is 30.2 Å². The molecule has 28 heavy (non-hydrogen) atoms. The summed E-state index contributed by atoms with van der Waals surface area (Å²) < 4.78 is 11.2. The summed E-state index contributed by atoms with van der Waals surface area (Å²) in [5, 5.41) is 12.1. The summed E-state index contributed by atoms with van der Waals surface area (Å²) in [7, 11) is 0. The molecule has 2 aromatic carbocycles. The summed E-state index contributed by atoms with van der Waals surface area (Å²) in [4.78, 5) is 12.4. The zero-order chi connectivity index (χ0) is 19.8. The molecule has 0 spiro atoms. The first-order chi connectivity index (χ1) is 13.7. The highest BCUT2D eigenvalue weighted by molar-refractivity contribution is 5.77. The highest BCUT2D eigenvalue weighted by Crippen LogP contribution is 2.40. The number of amides is 1. The topological polar surface area (TPSA) is 71.3 Å². The average molecular weight is 378 g/mol. The van der Waals surface area contributed by atoms with Gasteiger partial charge in [-0.3, -0.25) is 4.79 Å². The van der Waals surface area contributed by atoms with Gasteiger partial charge in [-0.1, -0.05) is 43.2 Å². The third-order valence-electron chi connectivity index (χ3n) is 5.30. The highest BCUT2D eigenvalue weighted by atomic mass is 16.5. The fourth-order valence-corrected chi connectivity index (χ4v) is 3.84. The quantitative estimate of drug-likeness (QED) is 0.755. The molecule has 0 atom stereocenters. The number of hydrogen-bond acceptors (Lipinski definition) is 4. The number of nitrogens with zero attached hydrogens (tertiary/aromatic N) is 1. The van der Waals surface area contributed by atoms with Crippen LogP contribution in [-0.2, 0) is 10.2 Å². The molecule has 1 fully saturated rings.